The molecule has 0 bridgehead atoms. The number of carbonyl (C=O) groups excluding carboxylic acids is 1. The fourth-order valence-electron chi connectivity index (χ4n) is 1.67. The van der Waals surface area contributed by atoms with Crippen molar-refractivity contribution in [3.63, 3.8) is 0 Å². The molecular formula is C13H15BrN4O2. The normalized spacial score (nSPS) is 10.4. The highest BCUT2D eigenvalue weighted by Gasteiger charge is 2.22. The van der Waals surface area contributed by atoms with Gasteiger partial charge in [-0.1, -0.05) is 0 Å². The third-order valence-corrected chi connectivity index (χ3v) is 4.02. The Labute approximate surface area is 125 Å². The van der Waals surface area contributed by atoms with Gasteiger partial charge in [0.2, 0.25) is 0 Å². The number of nitrogens with zero attached hydrogens (tertiary/aromatic N) is 4. The predicted octanol–water partition coefficient (Wildman–Crippen LogP) is 2.17. The Bertz CT molecular complexity index is 637. The van der Waals surface area contributed by atoms with Crippen LogP contribution in [0, 0.1) is 6.92 Å². The van der Waals surface area contributed by atoms with Crippen molar-refractivity contribution >= 4 is 27.7 Å². The fourth-order valence-corrected chi connectivity index (χ4v) is 2.18. The van der Waals surface area contributed by atoms with Gasteiger partial charge in [0.15, 0.2) is 5.69 Å². The molecule has 0 saturated carbocycles. The number of hydrogen-bond donors (Lipinski definition) is 0. The van der Waals surface area contributed by atoms with Gasteiger partial charge in [-0.05, 0) is 35.0 Å². The first-order valence-corrected chi connectivity index (χ1v) is 6.72. The molecule has 2 aromatic heterocycles. The van der Waals surface area contributed by atoms with Gasteiger partial charge in [0.25, 0.3) is 5.91 Å². The van der Waals surface area contributed by atoms with E-state index < -0.39 is 0 Å². The van der Waals surface area contributed by atoms with Crippen molar-refractivity contribution in [3.8, 4) is 5.75 Å². The summed E-state index contributed by atoms with van der Waals surface area (Å²) in [5, 5.41) is 4.22. The smallest absolute Gasteiger partial charge is 0.280 e. The van der Waals surface area contributed by atoms with Crippen molar-refractivity contribution in [3.05, 3.63) is 34.2 Å². The first-order valence-electron chi connectivity index (χ1n) is 5.93. The van der Waals surface area contributed by atoms with Gasteiger partial charge in [0, 0.05) is 14.1 Å². The average Bonchev–Trinajstić information content (AvgIpc) is 2.73. The molecule has 20 heavy (non-hydrogen) atoms. The zero-order chi connectivity index (χ0) is 14.9. The lowest BCUT2D eigenvalue weighted by molar-refractivity contribution is 0.0986. The fraction of sp³-hybridized carbons (Fsp3) is 0.308. The first-order chi connectivity index (χ1) is 9.45. The Hall–Kier alpha value is -1.89. The minimum atomic E-state index is -0.224. The number of carbonyl (C=O) groups is 1. The molecule has 0 aliphatic heterocycles. The van der Waals surface area contributed by atoms with E-state index in [1.54, 1.807) is 44.2 Å². The minimum absolute atomic E-state index is 0.224. The van der Waals surface area contributed by atoms with Crippen molar-refractivity contribution in [1.82, 2.24) is 14.8 Å². The molecular weight excluding hydrogens is 324 g/mol. The van der Waals surface area contributed by atoms with E-state index in [0.29, 0.717) is 21.7 Å². The van der Waals surface area contributed by atoms with E-state index in [9.17, 15) is 4.79 Å². The van der Waals surface area contributed by atoms with Crippen LogP contribution in [0.25, 0.3) is 0 Å². The van der Waals surface area contributed by atoms with Gasteiger partial charge in [-0.2, -0.15) is 5.10 Å². The lowest BCUT2D eigenvalue weighted by atomic mass is 10.3. The average molecular weight is 339 g/mol. The van der Waals surface area contributed by atoms with E-state index in [0.717, 1.165) is 5.69 Å². The summed E-state index contributed by atoms with van der Waals surface area (Å²) in [6.07, 6.45) is 1.57. The molecule has 0 fully saturated rings. The highest BCUT2D eigenvalue weighted by atomic mass is 79.9. The summed E-state index contributed by atoms with van der Waals surface area (Å²) < 4.78 is 7.40. The van der Waals surface area contributed by atoms with E-state index in [-0.39, 0.29) is 5.91 Å². The summed E-state index contributed by atoms with van der Waals surface area (Å²) in [6, 6.07) is 3.48. The van der Waals surface area contributed by atoms with Crippen LogP contribution in [-0.2, 0) is 7.05 Å². The molecule has 2 heterocycles. The third-order valence-electron chi connectivity index (χ3n) is 3.07. The second-order valence-corrected chi connectivity index (χ2v) is 5.08. The first kappa shape index (κ1) is 14.5. The number of aryl methyl sites for hydroxylation is 1. The number of halogens is 1. The molecule has 0 unspecified atom stereocenters. The van der Waals surface area contributed by atoms with Gasteiger partial charge >= 0.3 is 0 Å². The molecule has 7 heteroatoms. The van der Waals surface area contributed by atoms with Crippen molar-refractivity contribution < 1.29 is 9.53 Å². The summed E-state index contributed by atoms with van der Waals surface area (Å²) in [7, 11) is 5.02. The van der Waals surface area contributed by atoms with Crippen LogP contribution < -0.4 is 9.64 Å². The molecule has 0 saturated heterocycles. The molecule has 0 aliphatic rings. The van der Waals surface area contributed by atoms with Gasteiger partial charge in [-0.15, -0.1) is 0 Å². The number of anilines is 1. The quantitative estimate of drug-likeness (QED) is 0.860. The maximum Gasteiger partial charge on any atom is 0.280 e. The molecule has 6 nitrogen and oxygen atoms in total. The second-order valence-electron chi connectivity index (χ2n) is 4.29. The molecule has 0 aliphatic carbocycles. The molecule has 0 radical (unpaired) electrons. The van der Waals surface area contributed by atoms with Crippen molar-refractivity contribution in [2.75, 3.05) is 19.1 Å². The van der Waals surface area contributed by atoms with Crippen LogP contribution >= 0.6 is 15.9 Å². The summed E-state index contributed by atoms with van der Waals surface area (Å²) in [5.74, 6) is 0.953. The van der Waals surface area contributed by atoms with Crippen molar-refractivity contribution in [1.29, 1.82) is 0 Å². The molecule has 106 valence electrons. The van der Waals surface area contributed by atoms with Crippen molar-refractivity contribution in [2.45, 2.75) is 6.92 Å². The van der Waals surface area contributed by atoms with Gasteiger partial charge in [0.1, 0.15) is 11.6 Å². The third kappa shape index (κ3) is 2.53. The summed E-state index contributed by atoms with van der Waals surface area (Å²) >= 11 is 3.39. The van der Waals surface area contributed by atoms with E-state index in [2.05, 4.69) is 26.0 Å². The summed E-state index contributed by atoms with van der Waals surface area (Å²) in [4.78, 5) is 18.1. The Morgan fingerprint density at radius 3 is 2.60 bits per heavy atom. The number of ether oxygens (including phenoxy) is 1. The summed E-state index contributed by atoms with van der Waals surface area (Å²) in [6.45, 7) is 1.89. The van der Waals surface area contributed by atoms with Gasteiger partial charge in [-0.25, -0.2) is 4.98 Å². The van der Waals surface area contributed by atoms with Crippen LogP contribution in [0.15, 0.2) is 22.8 Å². The van der Waals surface area contributed by atoms with Crippen LogP contribution in [0.3, 0.4) is 0 Å². The van der Waals surface area contributed by atoms with Crippen LogP contribution in [0.4, 0.5) is 5.82 Å². The number of aromatic nitrogens is 3. The van der Waals surface area contributed by atoms with E-state index in [1.165, 1.54) is 4.90 Å². The molecule has 1 amide bonds. The molecule has 0 atom stereocenters. The summed E-state index contributed by atoms with van der Waals surface area (Å²) in [5.41, 5.74) is 1.26. The van der Waals surface area contributed by atoms with Gasteiger partial charge < -0.3 is 4.74 Å². The van der Waals surface area contributed by atoms with Crippen LogP contribution in [0.2, 0.25) is 0 Å². The zero-order valence-corrected chi connectivity index (χ0v) is 13.3. The van der Waals surface area contributed by atoms with E-state index in [1.807, 2.05) is 6.92 Å². The van der Waals surface area contributed by atoms with E-state index >= 15 is 0 Å². The van der Waals surface area contributed by atoms with E-state index in [4.69, 9.17) is 4.74 Å². The Morgan fingerprint density at radius 1 is 1.45 bits per heavy atom. The molecule has 0 spiro atoms. The number of pyridine rings is 1. The number of methoxy groups -OCH3 is 1. The Morgan fingerprint density at radius 2 is 2.15 bits per heavy atom. The van der Waals surface area contributed by atoms with Crippen molar-refractivity contribution in [2.24, 2.45) is 7.05 Å². The standard InChI is InChI=1S/C13H15BrN4O2/c1-8-11(14)12(16-18(8)3)13(19)17(2)10-6-5-9(20-4)7-15-10/h5-7H,1-4H3. The highest BCUT2D eigenvalue weighted by Crippen LogP contribution is 2.23. The highest BCUT2D eigenvalue weighted by molar-refractivity contribution is 9.10. The maximum absolute atomic E-state index is 12.4. The minimum Gasteiger partial charge on any atom is -0.495 e. The SMILES string of the molecule is COc1ccc(N(C)C(=O)c2nn(C)c(C)c2Br)nc1. The predicted molar refractivity (Wildman–Crippen MR) is 79.2 cm³/mol. The maximum atomic E-state index is 12.4. The number of rotatable bonds is 3. The second kappa shape index (κ2) is 5.62. The molecule has 2 rings (SSSR count). The molecule has 0 N–H and O–H groups in total. The lowest BCUT2D eigenvalue weighted by Gasteiger charge is -2.15. The van der Waals surface area contributed by atoms with Crippen LogP contribution in [0.1, 0.15) is 16.2 Å². The largest absolute Gasteiger partial charge is 0.495 e. The Kier molecular flexibility index (Phi) is 4.08. The lowest BCUT2D eigenvalue weighted by Crippen LogP contribution is -2.27. The van der Waals surface area contributed by atoms with Gasteiger partial charge in [-0.3, -0.25) is 14.4 Å². The number of amides is 1. The van der Waals surface area contributed by atoms with Crippen LogP contribution in [-0.4, -0.2) is 34.8 Å². The number of hydrogen-bond acceptors (Lipinski definition) is 4. The van der Waals surface area contributed by atoms with Gasteiger partial charge in [0.05, 0.1) is 23.5 Å². The molecule has 2 aromatic rings. The van der Waals surface area contributed by atoms with Crippen LogP contribution in [0.5, 0.6) is 5.75 Å². The molecule has 0 aromatic carbocycles. The zero-order valence-electron chi connectivity index (χ0n) is 11.7. The Balaban J connectivity index is 2.29. The topological polar surface area (TPSA) is 60.2 Å². The monoisotopic (exact) mass is 338 g/mol.